The quantitative estimate of drug-likeness (QED) is 0.826. The number of aromatic nitrogens is 4. The minimum Gasteiger partial charge on any atom is -0.481 e. The summed E-state index contributed by atoms with van der Waals surface area (Å²) in [5, 5.41) is 3.82. The van der Waals surface area contributed by atoms with Gasteiger partial charge in [0.05, 0.1) is 25.7 Å². The SMILES string of the molecule is COc1cc(N2C[C@@H]3C[C@H](Cc4nc(C)no4)O[C@@H]3C2)ncn1. The van der Waals surface area contributed by atoms with Gasteiger partial charge in [-0.05, 0) is 13.3 Å². The Bertz CT molecular complexity index is 677. The predicted octanol–water partition coefficient (Wildman–Crippen LogP) is 1.01. The van der Waals surface area contributed by atoms with Gasteiger partial charge in [0.25, 0.3) is 0 Å². The predicted molar refractivity (Wildman–Crippen MR) is 80.3 cm³/mol. The van der Waals surface area contributed by atoms with Crippen LogP contribution in [0.15, 0.2) is 16.9 Å². The van der Waals surface area contributed by atoms with Crippen molar-refractivity contribution in [3.05, 3.63) is 24.1 Å². The van der Waals surface area contributed by atoms with Crippen molar-refractivity contribution in [3.63, 3.8) is 0 Å². The number of rotatable bonds is 4. The zero-order valence-corrected chi connectivity index (χ0v) is 13.2. The number of nitrogens with zero attached hydrogens (tertiary/aromatic N) is 5. The van der Waals surface area contributed by atoms with Gasteiger partial charge in [0, 0.05) is 25.1 Å². The fourth-order valence-electron chi connectivity index (χ4n) is 3.41. The number of aryl methyl sites for hydroxylation is 1. The highest BCUT2D eigenvalue weighted by Gasteiger charge is 2.42. The summed E-state index contributed by atoms with van der Waals surface area (Å²) in [6.45, 7) is 3.60. The second kappa shape index (κ2) is 5.77. The third kappa shape index (κ3) is 2.86. The van der Waals surface area contributed by atoms with Crippen LogP contribution in [0.25, 0.3) is 0 Å². The number of ether oxygens (including phenoxy) is 2. The molecule has 8 nitrogen and oxygen atoms in total. The molecule has 0 N–H and O–H groups in total. The average molecular weight is 317 g/mol. The van der Waals surface area contributed by atoms with Crippen LogP contribution in [-0.4, -0.2) is 52.5 Å². The summed E-state index contributed by atoms with van der Waals surface area (Å²) in [4.78, 5) is 14.9. The van der Waals surface area contributed by atoms with Crippen LogP contribution in [0.2, 0.25) is 0 Å². The number of hydrogen-bond acceptors (Lipinski definition) is 8. The van der Waals surface area contributed by atoms with E-state index in [1.165, 1.54) is 6.33 Å². The average Bonchev–Trinajstić information content (AvgIpc) is 3.22. The minimum atomic E-state index is 0.159. The molecule has 2 aromatic heterocycles. The second-order valence-electron chi connectivity index (χ2n) is 6.06. The zero-order valence-electron chi connectivity index (χ0n) is 13.2. The maximum atomic E-state index is 6.16. The fourth-order valence-corrected chi connectivity index (χ4v) is 3.41. The molecule has 0 bridgehead atoms. The topological polar surface area (TPSA) is 86.4 Å². The molecule has 2 fully saturated rings. The van der Waals surface area contributed by atoms with Gasteiger partial charge in [-0.2, -0.15) is 4.98 Å². The first-order valence-corrected chi connectivity index (χ1v) is 7.77. The Kier molecular flexibility index (Phi) is 3.60. The van der Waals surface area contributed by atoms with Crippen molar-refractivity contribution in [3.8, 4) is 5.88 Å². The summed E-state index contributed by atoms with van der Waals surface area (Å²) < 4.78 is 16.5. The standard InChI is InChI=1S/C15H19N5O3/c1-9-18-15(23-19-9)4-11-3-10-6-20(7-12(10)22-11)13-5-14(21-2)17-8-16-13/h5,8,10-12H,3-4,6-7H2,1-2H3/t10-,11+,12+/m0/s1. The number of hydrogen-bond donors (Lipinski definition) is 0. The van der Waals surface area contributed by atoms with Gasteiger partial charge in [-0.3, -0.25) is 0 Å². The Hall–Kier alpha value is -2.22. The highest BCUT2D eigenvalue weighted by Crippen LogP contribution is 2.36. The molecule has 2 aromatic rings. The molecular formula is C15H19N5O3. The molecular weight excluding hydrogens is 298 g/mol. The van der Waals surface area contributed by atoms with E-state index in [2.05, 4.69) is 25.0 Å². The number of anilines is 1. The van der Waals surface area contributed by atoms with Gasteiger partial charge in [-0.1, -0.05) is 5.16 Å². The van der Waals surface area contributed by atoms with Crippen LogP contribution in [0.1, 0.15) is 18.1 Å². The molecule has 0 radical (unpaired) electrons. The molecule has 0 aliphatic carbocycles. The molecule has 8 heteroatoms. The summed E-state index contributed by atoms with van der Waals surface area (Å²) in [7, 11) is 1.61. The van der Waals surface area contributed by atoms with Gasteiger partial charge in [-0.15, -0.1) is 0 Å². The molecule has 2 aliphatic rings. The fraction of sp³-hybridized carbons (Fsp3) is 0.600. The Morgan fingerprint density at radius 1 is 1.35 bits per heavy atom. The van der Waals surface area contributed by atoms with Crippen molar-refractivity contribution in [1.82, 2.24) is 20.1 Å². The summed E-state index contributed by atoms with van der Waals surface area (Å²) in [5.74, 6) is 3.30. The number of methoxy groups -OCH3 is 1. The molecule has 4 heterocycles. The van der Waals surface area contributed by atoms with Gasteiger partial charge in [-0.25, -0.2) is 9.97 Å². The van der Waals surface area contributed by atoms with Crippen LogP contribution < -0.4 is 9.64 Å². The monoisotopic (exact) mass is 317 g/mol. The molecule has 2 saturated heterocycles. The van der Waals surface area contributed by atoms with Crippen molar-refractivity contribution in [2.75, 3.05) is 25.1 Å². The second-order valence-corrected chi connectivity index (χ2v) is 6.06. The van der Waals surface area contributed by atoms with Crippen molar-refractivity contribution >= 4 is 5.82 Å². The molecule has 4 rings (SSSR count). The molecule has 0 saturated carbocycles. The maximum absolute atomic E-state index is 6.16. The highest BCUT2D eigenvalue weighted by atomic mass is 16.5. The third-order valence-electron chi connectivity index (χ3n) is 4.45. The van der Waals surface area contributed by atoms with Gasteiger partial charge >= 0.3 is 0 Å². The molecule has 0 unspecified atom stereocenters. The van der Waals surface area contributed by atoms with Crippen molar-refractivity contribution in [2.45, 2.75) is 32.0 Å². The first-order chi connectivity index (χ1) is 11.2. The molecule has 2 aliphatic heterocycles. The van der Waals surface area contributed by atoms with E-state index >= 15 is 0 Å². The van der Waals surface area contributed by atoms with Gasteiger partial charge in [0.2, 0.25) is 11.8 Å². The van der Waals surface area contributed by atoms with Crippen molar-refractivity contribution < 1.29 is 14.0 Å². The van der Waals surface area contributed by atoms with Crippen molar-refractivity contribution in [1.29, 1.82) is 0 Å². The minimum absolute atomic E-state index is 0.159. The van der Waals surface area contributed by atoms with Crippen LogP contribution in [0.5, 0.6) is 5.88 Å². The van der Waals surface area contributed by atoms with Crippen LogP contribution >= 0.6 is 0 Å². The van der Waals surface area contributed by atoms with E-state index in [0.717, 1.165) is 25.3 Å². The van der Waals surface area contributed by atoms with Gasteiger partial charge in [0.15, 0.2) is 5.82 Å². The first kappa shape index (κ1) is 14.4. The van der Waals surface area contributed by atoms with E-state index in [1.807, 2.05) is 13.0 Å². The van der Waals surface area contributed by atoms with Crippen LogP contribution in [0.4, 0.5) is 5.82 Å². The van der Waals surface area contributed by atoms with E-state index in [1.54, 1.807) is 7.11 Å². The van der Waals surface area contributed by atoms with Gasteiger partial charge < -0.3 is 18.9 Å². The summed E-state index contributed by atoms with van der Waals surface area (Å²) in [6.07, 6.45) is 3.61. The van der Waals surface area contributed by atoms with E-state index in [4.69, 9.17) is 14.0 Å². The molecule has 23 heavy (non-hydrogen) atoms. The molecule has 122 valence electrons. The largest absolute Gasteiger partial charge is 0.481 e. The van der Waals surface area contributed by atoms with Gasteiger partial charge in [0.1, 0.15) is 12.1 Å². The first-order valence-electron chi connectivity index (χ1n) is 7.77. The Morgan fingerprint density at radius 3 is 3.00 bits per heavy atom. The molecule has 0 aromatic carbocycles. The summed E-state index contributed by atoms with van der Waals surface area (Å²) >= 11 is 0. The molecule has 0 spiro atoms. The lowest BCUT2D eigenvalue weighted by Crippen LogP contribution is -2.26. The zero-order chi connectivity index (χ0) is 15.8. The lowest BCUT2D eigenvalue weighted by atomic mass is 10.0. The lowest BCUT2D eigenvalue weighted by molar-refractivity contribution is 0.0456. The normalized spacial score (nSPS) is 26.5. The summed E-state index contributed by atoms with van der Waals surface area (Å²) in [5.41, 5.74) is 0. The highest BCUT2D eigenvalue weighted by molar-refractivity contribution is 5.42. The Labute approximate surface area is 133 Å². The maximum Gasteiger partial charge on any atom is 0.229 e. The van der Waals surface area contributed by atoms with E-state index in [9.17, 15) is 0 Å². The molecule has 3 atom stereocenters. The number of fused-ring (bicyclic) bond motifs is 1. The van der Waals surface area contributed by atoms with E-state index < -0.39 is 0 Å². The lowest BCUT2D eigenvalue weighted by Gasteiger charge is -2.19. The van der Waals surface area contributed by atoms with Crippen LogP contribution in [-0.2, 0) is 11.2 Å². The van der Waals surface area contributed by atoms with Crippen molar-refractivity contribution in [2.24, 2.45) is 5.92 Å². The van der Waals surface area contributed by atoms with Crippen LogP contribution in [0.3, 0.4) is 0 Å². The van der Waals surface area contributed by atoms with E-state index in [-0.39, 0.29) is 12.2 Å². The van der Waals surface area contributed by atoms with E-state index in [0.29, 0.717) is 29.9 Å². The smallest absolute Gasteiger partial charge is 0.229 e. The Morgan fingerprint density at radius 2 is 2.26 bits per heavy atom. The summed E-state index contributed by atoms with van der Waals surface area (Å²) in [6, 6.07) is 1.86. The molecule has 0 amide bonds. The van der Waals surface area contributed by atoms with Crippen LogP contribution in [0, 0.1) is 12.8 Å². The third-order valence-corrected chi connectivity index (χ3v) is 4.45. The Balaban J connectivity index is 1.38.